The van der Waals surface area contributed by atoms with Crippen LogP contribution in [0.1, 0.15) is 44.0 Å². The number of nitrogen functional groups attached to an aromatic ring is 1. The first-order valence-corrected chi connectivity index (χ1v) is 7.21. The quantitative estimate of drug-likeness (QED) is 0.634. The number of nitrogens with two attached hydrogens (primary N) is 1. The predicted molar refractivity (Wildman–Crippen MR) is 77.6 cm³/mol. The normalized spacial score (nSPS) is 22.6. The summed E-state index contributed by atoms with van der Waals surface area (Å²) in [6.45, 7) is 3.93. The molecule has 2 unspecified atom stereocenters. The molecule has 6 heteroatoms. The van der Waals surface area contributed by atoms with Gasteiger partial charge in [-0.25, -0.2) is 10.8 Å². The Morgan fingerprint density at radius 1 is 1.30 bits per heavy atom. The molecule has 20 heavy (non-hydrogen) atoms. The number of aryl methyl sites for hydroxylation is 1. The second-order valence-electron chi connectivity index (χ2n) is 5.18. The molecule has 6 nitrogen and oxygen atoms in total. The van der Waals surface area contributed by atoms with E-state index in [0.29, 0.717) is 11.7 Å². The molecule has 1 aromatic heterocycles. The Morgan fingerprint density at radius 3 is 2.70 bits per heavy atom. The van der Waals surface area contributed by atoms with Crippen molar-refractivity contribution in [3.05, 3.63) is 11.4 Å². The Balaban J connectivity index is 2.15. The second-order valence-corrected chi connectivity index (χ2v) is 5.18. The van der Waals surface area contributed by atoms with Gasteiger partial charge >= 0.3 is 0 Å². The largest absolute Gasteiger partial charge is 0.474 e. The molecule has 2 rings (SSSR count). The summed E-state index contributed by atoms with van der Waals surface area (Å²) >= 11 is 0. The van der Waals surface area contributed by atoms with Gasteiger partial charge in [0.15, 0.2) is 0 Å². The van der Waals surface area contributed by atoms with Gasteiger partial charge in [0, 0.05) is 20.0 Å². The first kappa shape index (κ1) is 15.0. The van der Waals surface area contributed by atoms with E-state index in [9.17, 15) is 0 Å². The van der Waals surface area contributed by atoms with Crippen LogP contribution in [0.25, 0.3) is 0 Å². The zero-order chi connectivity index (χ0) is 14.5. The Morgan fingerprint density at radius 2 is 2.05 bits per heavy atom. The summed E-state index contributed by atoms with van der Waals surface area (Å²) < 4.78 is 11.5. The lowest BCUT2D eigenvalue weighted by atomic mass is 9.95. The average Bonchev–Trinajstić information content (AvgIpc) is 2.49. The van der Waals surface area contributed by atoms with Crippen molar-refractivity contribution < 1.29 is 9.47 Å². The molecule has 3 N–H and O–H groups in total. The van der Waals surface area contributed by atoms with Crippen LogP contribution in [0.5, 0.6) is 5.88 Å². The fraction of sp³-hybridized carbons (Fsp3) is 0.714. The van der Waals surface area contributed by atoms with Gasteiger partial charge in [-0.05, 0) is 26.2 Å². The maximum absolute atomic E-state index is 6.08. The first-order chi connectivity index (χ1) is 9.67. The summed E-state index contributed by atoms with van der Waals surface area (Å²) in [5.41, 5.74) is 3.46. The molecule has 0 aromatic carbocycles. The maximum Gasteiger partial charge on any atom is 0.222 e. The maximum atomic E-state index is 6.08. The number of aromatic nitrogens is 2. The van der Waals surface area contributed by atoms with Crippen LogP contribution in [0, 0.1) is 6.92 Å². The van der Waals surface area contributed by atoms with E-state index >= 15 is 0 Å². The zero-order valence-corrected chi connectivity index (χ0v) is 12.5. The highest BCUT2D eigenvalue weighted by molar-refractivity contribution is 5.47. The van der Waals surface area contributed by atoms with Gasteiger partial charge in [0.2, 0.25) is 5.88 Å². The molecule has 0 aliphatic heterocycles. The van der Waals surface area contributed by atoms with Crippen molar-refractivity contribution in [3.8, 4) is 5.88 Å². The Labute approximate surface area is 120 Å². The topological polar surface area (TPSA) is 82.3 Å². The molecule has 0 radical (unpaired) electrons. The monoisotopic (exact) mass is 280 g/mol. The van der Waals surface area contributed by atoms with Crippen molar-refractivity contribution in [2.45, 2.75) is 58.2 Å². The summed E-state index contributed by atoms with van der Waals surface area (Å²) in [5.74, 6) is 7.50. The minimum absolute atomic E-state index is 0.151. The Hall–Kier alpha value is -1.40. The standard InChI is InChI=1S/C14H24N4O2/c1-4-12-16-13(18-15)9(2)14(17-12)20-11-7-5-6-10(8-11)19-3/h10-11H,4-8,15H2,1-3H3,(H,16,17,18). The van der Waals surface area contributed by atoms with Crippen molar-refractivity contribution in [1.29, 1.82) is 0 Å². The number of hydrazine groups is 1. The van der Waals surface area contributed by atoms with E-state index in [-0.39, 0.29) is 12.2 Å². The molecule has 0 amide bonds. The molecule has 1 aliphatic rings. The number of nitrogens with zero attached hydrogens (tertiary/aromatic N) is 2. The van der Waals surface area contributed by atoms with Crippen LogP contribution < -0.4 is 16.0 Å². The highest BCUT2D eigenvalue weighted by Crippen LogP contribution is 2.28. The number of rotatable bonds is 5. The fourth-order valence-corrected chi connectivity index (χ4v) is 2.53. The molecule has 0 saturated heterocycles. The van der Waals surface area contributed by atoms with E-state index in [1.807, 2.05) is 13.8 Å². The van der Waals surface area contributed by atoms with Gasteiger partial charge in [-0.1, -0.05) is 6.92 Å². The van der Waals surface area contributed by atoms with Crippen molar-refractivity contribution in [3.63, 3.8) is 0 Å². The third kappa shape index (κ3) is 3.37. The molecule has 1 aliphatic carbocycles. The van der Waals surface area contributed by atoms with Gasteiger partial charge in [0.1, 0.15) is 17.7 Å². The van der Waals surface area contributed by atoms with Crippen molar-refractivity contribution in [1.82, 2.24) is 9.97 Å². The summed E-state index contributed by atoms with van der Waals surface area (Å²) in [6.07, 6.45) is 5.36. The summed E-state index contributed by atoms with van der Waals surface area (Å²) in [7, 11) is 1.76. The molecule has 2 atom stereocenters. The van der Waals surface area contributed by atoms with Crippen LogP contribution in [-0.2, 0) is 11.2 Å². The van der Waals surface area contributed by atoms with Gasteiger partial charge in [-0.2, -0.15) is 4.98 Å². The molecule has 112 valence electrons. The van der Waals surface area contributed by atoms with Gasteiger partial charge in [0.05, 0.1) is 11.7 Å². The van der Waals surface area contributed by atoms with Gasteiger partial charge < -0.3 is 14.9 Å². The molecule has 0 bridgehead atoms. The first-order valence-electron chi connectivity index (χ1n) is 7.21. The van der Waals surface area contributed by atoms with E-state index in [4.69, 9.17) is 15.3 Å². The molecule has 0 spiro atoms. The lowest BCUT2D eigenvalue weighted by Crippen LogP contribution is -2.30. The number of nitrogens with one attached hydrogen (secondary N) is 1. The minimum atomic E-state index is 0.151. The number of ether oxygens (including phenoxy) is 2. The van der Waals surface area contributed by atoms with Gasteiger partial charge in [0.25, 0.3) is 0 Å². The summed E-state index contributed by atoms with van der Waals surface area (Å²) in [5, 5.41) is 0. The highest BCUT2D eigenvalue weighted by Gasteiger charge is 2.24. The van der Waals surface area contributed by atoms with Crippen LogP contribution >= 0.6 is 0 Å². The van der Waals surface area contributed by atoms with Crippen LogP contribution in [0.2, 0.25) is 0 Å². The minimum Gasteiger partial charge on any atom is -0.474 e. The summed E-state index contributed by atoms with van der Waals surface area (Å²) in [6, 6.07) is 0. The fourth-order valence-electron chi connectivity index (χ4n) is 2.53. The van der Waals surface area contributed by atoms with Gasteiger partial charge in [-0.15, -0.1) is 0 Å². The van der Waals surface area contributed by atoms with E-state index in [0.717, 1.165) is 43.5 Å². The van der Waals surface area contributed by atoms with Crippen LogP contribution in [0.3, 0.4) is 0 Å². The molecular weight excluding hydrogens is 256 g/mol. The van der Waals surface area contributed by atoms with Crippen molar-refractivity contribution >= 4 is 5.82 Å². The average molecular weight is 280 g/mol. The smallest absolute Gasteiger partial charge is 0.222 e. The van der Waals surface area contributed by atoms with E-state index in [1.165, 1.54) is 0 Å². The van der Waals surface area contributed by atoms with Crippen LogP contribution in [0.15, 0.2) is 0 Å². The highest BCUT2D eigenvalue weighted by atomic mass is 16.5. The molecule has 1 heterocycles. The van der Waals surface area contributed by atoms with Crippen molar-refractivity contribution in [2.75, 3.05) is 12.5 Å². The zero-order valence-electron chi connectivity index (χ0n) is 12.5. The number of methoxy groups -OCH3 is 1. The molecule has 1 fully saturated rings. The van der Waals surface area contributed by atoms with Crippen LogP contribution in [-0.4, -0.2) is 29.3 Å². The van der Waals surface area contributed by atoms with E-state index in [1.54, 1.807) is 7.11 Å². The van der Waals surface area contributed by atoms with E-state index in [2.05, 4.69) is 15.4 Å². The number of anilines is 1. The number of hydrogen-bond donors (Lipinski definition) is 2. The SMILES string of the molecule is CCc1nc(NN)c(C)c(OC2CCCC(OC)C2)n1. The molecule has 1 aromatic rings. The van der Waals surface area contributed by atoms with E-state index < -0.39 is 0 Å². The van der Waals surface area contributed by atoms with Crippen LogP contribution in [0.4, 0.5) is 5.82 Å². The second kappa shape index (κ2) is 6.85. The summed E-state index contributed by atoms with van der Waals surface area (Å²) in [4.78, 5) is 8.82. The molecule has 1 saturated carbocycles. The van der Waals surface area contributed by atoms with Crippen molar-refractivity contribution in [2.24, 2.45) is 5.84 Å². The third-order valence-electron chi connectivity index (χ3n) is 3.79. The lowest BCUT2D eigenvalue weighted by Gasteiger charge is -2.28. The predicted octanol–water partition coefficient (Wildman–Crippen LogP) is 1.97. The lowest BCUT2D eigenvalue weighted by molar-refractivity contribution is 0.0192. The molecular formula is C14H24N4O2. The van der Waals surface area contributed by atoms with Gasteiger partial charge in [-0.3, -0.25) is 0 Å². The number of hydrogen-bond acceptors (Lipinski definition) is 6. The Bertz CT molecular complexity index is 453. The third-order valence-corrected chi connectivity index (χ3v) is 3.79. The Kier molecular flexibility index (Phi) is 5.14.